The quantitative estimate of drug-likeness (QED) is 0.626. The first kappa shape index (κ1) is 12.5. The molecule has 0 saturated heterocycles. The summed E-state index contributed by atoms with van der Waals surface area (Å²) in [5, 5.41) is 2.98. The summed E-state index contributed by atoms with van der Waals surface area (Å²) < 4.78 is 4.71. The SMILES string of the molecule is CNC(CCN(C)CC1CC1)C(=O)OC. The van der Waals surface area contributed by atoms with Crippen LogP contribution in [0.1, 0.15) is 19.3 Å². The van der Waals surface area contributed by atoms with Crippen molar-refractivity contribution >= 4 is 5.97 Å². The van der Waals surface area contributed by atoms with Gasteiger partial charge in [0.15, 0.2) is 0 Å². The molecule has 4 heteroatoms. The van der Waals surface area contributed by atoms with Crippen molar-refractivity contribution in [2.45, 2.75) is 25.3 Å². The number of carbonyl (C=O) groups excluding carboxylic acids is 1. The van der Waals surface area contributed by atoms with Gasteiger partial charge in [0.1, 0.15) is 6.04 Å². The van der Waals surface area contributed by atoms with E-state index >= 15 is 0 Å². The molecule has 0 aromatic carbocycles. The maximum Gasteiger partial charge on any atom is 0.322 e. The van der Waals surface area contributed by atoms with Crippen LogP contribution in [-0.2, 0) is 9.53 Å². The first-order valence-electron chi connectivity index (χ1n) is 5.61. The summed E-state index contributed by atoms with van der Waals surface area (Å²) in [5.74, 6) is 0.735. The van der Waals surface area contributed by atoms with Gasteiger partial charge < -0.3 is 15.0 Å². The van der Waals surface area contributed by atoms with Crippen molar-refractivity contribution < 1.29 is 9.53 Å². The normalized spacial score (nSPS) is 17.9. The van der Waals surface area contributed by atoms with Gasteiger partial charge in [0.2, 0.25) is 0 Å². The second kappa shape index (κ2) is 6.08. The van der Waals surface area contributed by atoms with Crippen LogP contribution in [-0.4, -0.2) is 51.2 Å². The van der Waals surface area contributed by atoms with Crippen LogP contribution in [0.25, 0.3) is 0 Å². The minimum Gasteiger partial charge on any atom is -0.468 e. The summed E-state index contributed by atoms with van der Waals surface area (Å²) in [6.45, 7) is 2.11. The molecule has 0 spiro atoms. The van der Waals surface area contributed by atoms with Crippen molar-refractivity contribution in [2.75, 3.05) is 34.3 Å². The molecular weight excluding hydrogens is 192 g/mol. The zero-order valence-electron chi connectivity index (χ0n) is 9.95. The number of nitrogens with zero attached hydrogens (tertiary/aromatic N) is 1. The molecule has 4 nitrogen and oxygen atoms in total. The molecular formula is C11H22N2O2. The summed E-state index contributed by atoms with van der Waals surface area (Å²) in [6.07, 6.45) is 3.56. The lowest BCUT2D eigenvalue weighted by Gasteiger charge is -2.19. The van der Waals surface area contributed by atoms with Crippen LogP contribution < -0.4 is 5.32 Å². The first-order chi connectivity index (χ1) is 7.17. The van der Waals surface area contributed by atoms with E-state index in [1.165, 1.54) is 20.0 Å². The molecule has 0 heterocycles. The molecule has 1 fully saturated rings. The van der Waals surface area contributed by atoms with Gasteiger partial charge in [-0.3, -0.25) is 4.79 Å². The van der Waals surface area contributed by atoms with Crippen LogP contribution in [0.5, 0.6) is 0 Å². The summed E-state index contributed by atoms with van der Waals surface area (Å²) in [5.41, 5.74) is 0. The van der Waals surface area contributed by atoms with Crippen molar-refractivity contribution in [3.63, 3.8) is 0 Å². The third-order valence-corrected chi connectivity index (χ3v) is 2.90. The Bertz CT molecular complexity index is 205. The molecule has 1 aliphatic rings. The van der Waals surface area contributed by atoms with E-state index in [0.29, 0.717) is 0 Å². The lowest BCUT2D eigenvalue weighted by molar-refractivity contribution is -0.143. The van der Waals surface area contributed by atoms with E-state index in [0.717, 1.165) is 25.4 Å². The molecule has 0 radical (unpaired) electrons. The van der Waals surface area contributed by atoms with Crippen molar-refractivity contribution in [1.82, 2.24) is 10.2 Å². The number of hydrogen-bond acceptors (Lipinski definition) is 4. The van der Waals surface area contributed by atoms with E-state index in [2.05, 4.69) is 17.3 Å². The maximum atomic E-state index is 11.3. The molecule has 1 atom stereocenters. The van der Waals surface area contributed by atoms with Gasteiger partial charge in [-0.15, -0.1) is 0 Å². The van der Waals surface area contributed by atoms with Crippen LogP contribution in [0.4, 0.5) is 0 Å². The monoisotopic (exact) mass is 214 g/mol. The molecule has 0 bridgehead atoms. The van der Waals surface area contributed by atoms with Gasteiger partial charge in [0.05, 0.1) is 7.11 Å². The number of rotatable bonds is 7. The Balaban J connectivity index is 2.16. The molecule has 1 aliphatic carbocycles. The molecule has 0 aromatic heterocycles. The zero-order chi connectivity index (χ0) is 11.3. The minimum atomic E-state index is -0.170. The Kier molecular flexibility index (Phi) is 5.05. The van der Waals surface area contributed by atoms with Crippen molar-refractivity contribution in [2.24, 2.45) is 5.92 Å². The second-order valence-corrected chi connectivity index (χ2v) is 4.36. The smallest absolute Gasteiger partial charge is 0.322 e. The molecule has 15 heavy (non-hydrogen) atoms. The molecule has 1 saturated carbocycles. The second-order valence-electron chi connectivity index (χ2n) is 4.36. The zero-order valence-corrected chi connectivity index (χ0v) is 9.95. The average Bonchev–Trinajstić information content (AvgIpc) is 3.02. The van der Waals surface area contributed by atoms with E-state index in [-0.39, 0.29) is 12.0 Å². The average molecular weight is 214 g/mol. The lowest BCUT2D eigenvalue weighted by atomic mass is 10.2. The van der Waals surface area contributed by atoms with Crippen molar-refractivity contribution in [1.29, 1.82) is 0 Å². The third kappa shape index (κ3) is 4.62. The Morgan fingerprint density at radius 1 is 1.60 bits per heavy atom. The van der Waals surface area contributed by atoms with Crippen LogP contribution in [0.2, 0.25) is 0 Å². The number of ether oxygens (including phenoxy) is 1. The topological polar surface area (TPSA) is 41.6 Å². The van der Waals surface area contributed by atoms with Crippen molar-refractivity contribution in [3.8, 4) is 0 Å². The number of methoxy groups -OCH3 is 1. The van der Waals surface area contributed by atoms with Crippen LogP contribution in [0, 0.1) is 5.92 Å². The summed E-state index contributed by atoms with van der Waals surface area (Å²) in [6, 6.07) is -0.170. The van der Waals surface area contributed by atoms with E-state index in [9.17, 15) is 4.79 Å². The molecule has 0 aliphatic heterocycles. The van der Waals surface area contributed by atoms with Gasteiger partial charge in [-0.2, -0.15) is 0 Å². The largest absolute Gasteiger partial charge is 0.468 e. The molecule has 1 rings (SSSR count). The molecule has 88 valence electrons. The summed E-state index contributed by atoms with van der Waals surface area (Å²) in [4.78, 5) is 13.6. The fraction of sp³-hybridized carbons (Fsp3) is 0.909. The Labute approximate surface area is 92.0 Å². The molecule has 0 aromatic rings. The number of esters is 1. The highest BCUT2D eigenvalue weighted by Gasteiger charge is 2.23. The summed E-state index contributed by atoms with van der Waals surface area (Å²) in [7, 11) is 5.34. The Morgan fingerprint density at radius 3 is 2.73 bits per heavy atom. The van der Waals surface area contributed by atoms with Gasteiger partial charge in [0, 0.05) is 6.54 Å². The van der Waals surface area contributed by atoms with Gasteiger partial charge in [-0.1, -0.05) is 0 Å². The number of nitrogens with one attached hydrogen (secondary N) is 1. The number of likely N-dealkylation sites (N-methyl/N-ethyl adjacent to an activating group) is 1. The molecule has 1 unspecified atom stereocenters. The van der Waals surface area contributed by atoms with Crippen LogP contribution in [0.3, 0.4) is 0 Å². The standard InChI is InChI=1S/C11H22N2O2/c1-12-10(11(14)15-3)6-7-13(2)8-9-4-5-9/h9-10,12H,4-8H2,1-3H3. The van der Waals surface area contributed by atoms with Crippen molar-refractivity contribution in [3.05, 3.63) is 0 Å². The highest BCUT2D eigenvalue weighted by Crippen LogP contribution is 2.29. The van der Waals surface area contributed by atoms with Gasteiger partial charge in [0.25, 0.3) is 0 Å². The highest BCUT2D eigenvalue weighted by molar-refractivity contribution is 5.75. The minimum absolute atomic E-state index is 0.169. The Hall–Kier alpha value is -0.610. The van der Waals surface area contributed by atoms with E-state index in [1.807, 2.05) is 0 Å². The number of hydrogen-bond donors (Lipinski definition) is 1. The van der Waals surface area contributed by atoms with E-state index < -0.39 is 0 Å². The van der Waals surface area contributed by atoms with E-state index in [4.69, 9.17) is 4.74 Å². The fourth-order valence-electron chi connectivity index (χ4n) is 1.70. The van der Waals surface area contributed by atoms with Gasteiger partial charge >= 0.3 is 5.97 Å². The lowest BCUT2D eigenvalue weighted by Crippen LogP contribution is -2.38. The predicted octanol–water partition coefficient (Wildman–Crippen LogP) is 0.479. The summed E-state index contributed by atoms with van der Waals surface area (Å²) >= 11 is 0. The maximum absolute atomic E-state index is 11.3. The molecule has 0 amide bonds. The van der Waals surface area contributed by atoms with E-state index in [1.54, 1.807) is 7.05 Å². The van der Waals surface area contributed by atoms with Gasteiger partial charge in [-0.05, 0) is 45.8 Å². The first-order valence-corrected chi connectivity index (χ1v) is 5.61. The molecule has 1 N–H and O–H groups in total. The van der Waals surface area contributed by atoms with Crippen LogP contribution >= 0.6 is 0 Å². The van der Waals surface area contributed by atoms with Crippen LogP contribution in [0.15, 0.2) is 0 Å². The predicted molar refractivity (Wildman–Crippen MR) is 59.7 cm³/mol. The Morgan fingerprint density at radius 2 is 2.27 bits per heavy atom. The number of carbonyl (C=O) groups is 1. The third-order valence-electron chi connectivity index (χ3n) is 2.90. The van der Waals surface area contributed by atoms with Gasteiger partial charge in [-0.25, -0.2) is 0 Å². The highest BCUT2D eigenvalue weighted by atomic mass is 16.5. The fourth-order valence-corrected chi connectivity index (χ4v) is 1.70.